The summed E-state index contributed by atoms with van der Waals surface area (Å²) >= 11 is 0. The van der Waals surface area contributed by atoms with Crippen molar-refractivity contribution in [1.29, 1.82) is 0 Å². The molecule has 0 aliphatic carbocycles. The van der Waals surface area contributed by atoms with Crippen LogP contribution in [0.4, 0.5) is 4.79 Å². The molecule has 16 nitrogen and oxygen atoms in total. The highest BCUT2D eigenvalue weighted by Crippen LogP contribution is 2.44. The molecular weight excluding hydrogens is 757 g/mol. The second kappa shape index (κ2) is 16.2. The molecule has 16 heteroatoms. The van der Waals surface area contributed by atoms with E-state index in [1.54, 1.807) is 11.1 Å². The number of benzene rings is 3. The number of alkyl carbamates (subject to hydrolysis) is 1. The average molecular weight is 809 g/mol. The number of methoxy groups -OCH3 is 2. The standard InChI is InChI=1S/C43H52N8O8/c1-21(2)36(49-43(56)58-6)41(54)51-23(4)7-13-33(51)38-44-18-31(46-38)25-9-11-27-26(15-25)20-59-35-17-28-24(16-29(27)35)10-12-30-37(28)48-39(45-30)34-14-8-22(3)50(34)40(53)32(19-52)47-42(55)57-5/h9-12,15-18,21-23,32-34,36,42,47,52,55H,7-8,13-14,19-20H2,1-6H3,(H,44,46)(H,45,48)(H,49,56)/t22-,23-,32-,33-,34-,36-,42?/m0/s1. The number of nitrogens with one attached hydrogen (secondary N) is 4. The molecule has 1 unspecified atom stereocenters. The number of ether oxygens (including phenoxy) is 3. The van der Waals surface area contributed by atoms with Gasteiger partial charge in [-0.05, 0) is 91.8 Å². The number of hydrogen-bond acceptors (Lipinski definition) is 11. The van der Waals surface area contributed by atoms with Gasteiger partial charge in [0.25, 0.3) is 0 Å². The molecule has 3 aromatic carbocycles. The van der Waals surface area contributed by atoms with Crippen molar-refractivity contribution >= 4 is 39.7 Å². The lowest BCUT2D eigenvalue weighted by Gasteiger charge is -2.32. The first-order valence-corrected chi connectivity index (χ1v) is 20.2. The minimum Gasteiger partial charge on any atom is -0.488 e. The number of aliphatic hydroxyl groups excluding tert-OH is 2. The van der Waals surface area contributed by atoms with Gasteiger partial charge in [0.1, 0.15) is 36.1 Å². The van der Waals surface area contributed by atoms with Gasteiger partial charge < -0.3 is 49.5 Å². The number of amides is 3. The van der Waals surface area contributed by atoms with Crippen molar-refractivity contribution < 1.29 is 38.8 Å². The number of rotatable bonds is 11. The van der Waals surface area contributed by atoms with E-state index < -0.39 is 31.2 Å². The second-order valence-electron chi connectivity index (χ2n) is 16.2. The largest absolute Gasteiger partial charge is 0.488 e. The molecule has 3 amide bonds. The van der Waals surface area contributed by atoms with Gasteiger partial charge in [-0.3, -0.25) is 14.9 Å². The smallest absolute Gasteiger partial charge is 0.407 e. The molecule has 0 bridgehead atoms. The molecule has 2 saturated heterocycles. The maximum atomic E-state index is 13.8. The van der Waals surface area contributed by atoms with E-state index in [2.05, 4.69) is 44.9 Å². The predicted octanol–water partition coefficient (Wildman–Crippen LogP) is 5.02. The molecule has 5 aromatic rings. The number of aliphatic hydroxyl groups is 2. The summed E-state index contributed by atoms with van der Waals surface area (Å²) in [5, 5.41) is 27.2. The normalized spacial score (nSPS) is 21.6. The minimum atomic E-state index is -1.39. The Morgan fingerprint density at radius 1 is 0.932 bits per heavy atom. The second-order valence-corrected chi connectivity index (χ2v) is 16.2. The maximum absolute atomic E-state index is 13.8. The van der Waals surface area contributed by atoms with E-state index in [1.807, 2.05) is 50.8 Å². The molecule has 7 atom stereocenters. The highest BCUT2D eigenvalue weighted by Gasteiger charge is 2.42. The number of hydrogen-bond donors (Lipinski definition) is 6. The number of carbonyl (C=O) groups excluding carboxylic acids is 3. The summed E-state index contributed by atoms with van der Waals surface area (Å²) in [7, 11) is 2.60. The van der Waals surface area contributed by atoms with Crippen molar-refractivity contribution in [2.24, 2.45) is 5.92 Å². The fourth-order valence-electron chi connectivity index (χ4n) is 9.02. The number of H-pyrrole nitrogens is 2. The number of imidazole rings is 2. The lowest BCUT2D eigenvalue weighted by Crippen LogP contribution is -2.53. The number of aromatic amines is 2. The summed E-state index contributed by atoms with van der Waals surface area (Å²) in [5.74, 6) is 1.49. The molecule has 8 rings (SSSR count). The number of fused-ring (bicyclic) bond motifs is 6. The van der Waals surface area contributed by atoms with Gasteiger partial charge in [0.15, 0.2) is 0 Å². The van der Waals surface area contributed by atoms with E-state index in [1.165, 1.54) is 14.2 Å². The quantitative estimate of drug-likeness (QED) is 0.0977. The molecule has 312 valence electrons. The van der Waals surface area contributed by atoms with Crippen LogP contribution in [0.1, 0.15) is 82.7 Å². The third-order valence-corrected chi connectivity index (χ3v) is 12.2. The third-order valence-electron chi connectivity index (χ3n) is 12.2. The summed E-state index contributed by atoms with van der Waals surface area (Å²) in [6.45, 7) is 7.67. The molecule has 0 radical (unpaired) electrons. The Morgan fingerprint density at radius 3 is 2.36 bits per heavy atom. The molecule has 0 spiro atoms. The van der Waals surface area contributed by atoms with E-state index >= 15 is 0 Å². The molecule has 0 saturated carbocycles. The summed E-state index contributed by atoms with van der Waals surface area (Å²) in [6.07, 6.45) is 2.80. The van der Waals surface area contributed by atoms with Gasteiger partial charge in [0, 0.05) is 30.1 Å². The zero-order valence-electron chi connectivity index (χ0n) is 34.1. The monoisotopic (exact) mass is 808 g/mol. The number of carbonyl (C=O) groups is 3. The third kappa shape index (κ3) is 7.38. The summed E-state index contributed by atoms with van der Waals surface area (Å²) in [5.41, 5.74) is 6.47. The van der Waals surface area contributed by atoms with Gasteiger partial charge in [-0.1, -0.05) is 32.0 Å². The molecule has 59 heavy (non-hydrogen) atoms. The van der Waals surface area contributed by atoms with Crippen LogP contribution in [0, 0.1) is 5.92 Å². The fourth-order valence-corrected chi connectivity index (χ4v) is 9.02. The van der Waals surface area contributed by atoms with Gasteiger partial charge in [0.05, 0.1) is 48.7 Å². The fraction of sp³-hybridized carbons (Fsp3) is 0.465. The zero-order chi connectivity index (χ0) is 41.7. The van der Waals surface area contributed by atoms with Crippen LogP contribution in [0.3, 0.4) is 0 Å². The van der Waals surface area contributed by atoms with Gasteiger partial charge >= 0.3 is 6.09 Å². The van der Waals surface area contributed by atoms with Crippen LogP contribution in [-0.2, 0) is 25.7 Å². The summed E-state index contributed by atoms with van der Waals surface area (Å²) < 4.78 is 16.1. The van der Waals surface area contributed by atoms with Gasteiger partial charge in [-0.25, -0.2) is 14.8 Å². The predicted molar refractivity (Wildman–Crippen MR) is 219 cm³/mol. The molecule has 6 N–H and O–H groups in total. The van der Waals surface area contributed by atoms with Crippen molar-refractivity contribution in [1.82, 2.24) is 40.4 Å². The highest BCUT2D eigenvalue weighted by atomic mass is 16.6. The Balaban J connectivity index is 1.04. The average Bonchev–Trinajstić information content (AvgIpc) is 4.06. The number of nitrogens with zero attached hydrogens (tertiary/aromatic N) is 4. The first-order chi connectivity index (χ1) is 28.4. The van der Waals surface area contributed by atoms with Crippen molar-refractivity contribution in [2.75, 3.05) is 20.8 Å². The van der Waals surface area contributed by atoms with Crippen LogP contribution in [0.25, 0.3) is 44.2 Å². The summed E-state index contributed by atoms with van der Waals surface area (Å²) in [4.78, 5) is 59.9. The Morgan fingerprint density at radius 2 is 1.66 bits per heavy atom. The van der Waals surface area contributed by atoms with Gasteiger partial charge in [0.2, 0.25) is 18.2 Å². The topological polar surface area (TPSA) is 207 Å². The lowest BCUT2D eigenvalue weighted by molar-refractivity contribution is -0.146. The maximum Gasteiger partial charge on any atom is 0.407 e. The van der Waals surface area contributed by atoms with E-state index in [0.717, 1.165) is 74.8 Å². The number of likely N-dealkylation sites (tertiary alicyclic amines) is 2. The van der Waals surface area contributed by atoms with E-state index in [0.29, 0.717) is 24.7 Å². The first kappa shape index (κ1) is 40.2. The lowest BCUT2D eigenvalue weighted by atomic mass is 9.92. The summed E-state index contributed by atoms with van der Waals surface area (Å²) in [6, 6.07) is 12.0. The van der Waals surface area contributed by atoms with Crippen molar-refractivity contribution in [3.8, 4) is 28.1 Å². The molecule has 5 heterocycles. The SMILES string of the molecule is COC(=O)N[C@H](C(=O)N1[C@@H](C)CC[C@H]1c1ncc(-c2ccc3c(c2)COc2cc4c(ccc5nc([C@@H]6CC[C@H](C)N6C(=O)[C@H](CO)NC(O)OC)[nH]c54)cc2-3)[nH]1)C(C)C. The zero-order valence-corrected chi connectivity index (χ0v) is 34.1. The van der Waals surface area contributed by atoms with Crippen molar-refractivity contribution in [3.05, 3.63) is 65.9 Å². The van der Waals surface area contributed by atoms with E-state index in [9.17, 15) is 24.6 Å². The molecule has 2 aromatic heterocycles. The van der Waals surface area contributed by atoms with Gasteiger partial charge in [-0.2, -0.15) is 0 Å². The van der Waals surface area contributed by atoms with Crippen LogP contribution < -0.4 is 15.4 Å². The minimum absolute atomic E-state index is 0.0198. The Kier molecular flexibility index (Phi) is 11.1. The number of aromatic nitrogens is 4. The van der Waals surface area contributed by atoms with Crippen LogP contribution in [-0.4, -0.2) is 109 Å². The highest BCUT2D eigenvalue weighted by molar-refractivity contribution is 6.07. The Hall–Kier alpha value is -5.55. The van der Waals surface area contributed by atoms with Crippen molar-refractivity contribution in [3.63, 3.8) is 0 Å². The Bertz CT molecular complexity index is 2390. The molecule has 3 aliphatic rings. The van der Waals surface area contributed by atoms with Crippen molar-refractivity contribution in [2.45, 2.75) is 103 Å². The van der Waals surface area contributed by atoms with Gasteiger partial charge in [-0.15, -0.1) is 0 Å². The van der Waals surface area contributed by atoms with E-state index in [4.69, 9.17) is 24.2 Å². The van der Waals surface area contributed by atoms with E-state index in [-0.39, 0.29) is 41.9 Å². The van der Waals surface area contributed by atoms with Crippen LogP contribution in [0.15, 0.2) is 48.7 Å². The first-order valence-electron chi connectivity index (χ1n) is 20.2. The molecule has 2 fully saturated rings. The van der Waals surface area contributed by atoms with Crippen LogP contribution >= 0.6 is 0 Å². The molecular formula is C43H52N8O8. The Labute approximate surface area is 341 Å². The van der Waals surface area contributed by atoms with Crippen LogP contribution in [0.2, 0.25) is 0 Å². The van der Waals surface area contributed by atoms with Crippen LogP contribution in [0.5, 0.6) is 5.75 Å². The molecule has 3 aliphatic heterocycles.